The van der Waals surface area contributed by atoms with Gasteiger partial charge < -0.3 is 5.32 Å². The van der Waals surface area contributed by atoms with Gasteiger partial charge in [0.2, 0.25) is 0 Å². The van der Waals surface area contributed by atoms with E-state index in [4.69, 9.17) is 4.98 Å². The Morgan fingerprint density at radius 2 is 1.95 bits per heavy atom. The van der Waals surface area contributed by atoms with Gasteiger partial charge in [0.1, 0.15) is 11.6 Å². The molecule has 0 atom stereocenters. The molecule has 20 heavy (non-hydrogen) atoms. The minimum atomic E-state index is 0.610. The van der Waals surface area contributed by atoms with E-state index in [0.29, 0.717) is 5.92 Å². The second-order valence-electron chi connectivity index (χ2n) is 5.15. The van der Waals surface area contributed by atoms with E-state index >= 15 is 0 Å². The van der Waals surface area contributed by atoms with Crippen molar-refractivity contribution in [1.29, 1.82) is 0 Å². The average molecular weight is 332 g/mol. The third-order valence-electron chi connectivity index (χ3n) is 3.44. The first kappa shape index (κ1) is 13.6. The van der Waals surface area contributed by atoms with Crippen LogP contribution in [0.2, 0.25) is 0 Å². The lowest BCUT2D eigenvalue weighted by molar-refractivity contribution is 0.888. The molecule has 0 unspecified atom stereocenters. The van der Waals surface area contributed by atoms with Gasteiger partial charge in [-0.15, -0.1) is 0 Å². The molecule has 1 fully saturated rings. The maximum absolute atomic E-state index is 4.77. The Bertz CT molecular complexity index is 594. The molecule has 0 amide bonds. The monoisotopic (exact) mass is 331 g/mol. The third kappa shape index (κ3) is 3.01. The number of halogens is 1. The van der Waals surface area contributed by atoms with E-state index in [-0.39, 0.29) is 0 Å². The molecule has 0 radical (unpaired) electrons. The van der Waals surface area contributed by atoms with Gasteiger partial charge in [-0.1, -0.05) is 30.3 Å². The first-order valence-corrected chi connectivity index (χ1v) is 7.91. The highest BCUT2D eigenvalue weighted by Gasteiger charge is 2.29. The molecule has 0 spiro atoms. The van der Waals surface area contributed by atoms with Crippen molar-refractivity contribution in [2.24, 2.45) is 0 Å². The SMILES string of the molecule is CCNc1nc(Cc2ccccc2)nc(C2CC2)c1Br. The normalized spacial score (nSPS) is 14.3. The minimum absolute atomic E-state index is 0.610. The third-order valence-corrected chi connectivity index (χ3v) is 4.22. The van der Waals surface area contributed by atoms with Crippen LogP contribution in [0.5, 0.6) is 0 Å². The van der Waals surface area contributed by atoms with Crippen LogP contribution in [0.25, 0.3) is 0 Å². The van der Waals surface area contributed by atoms with Crippen LogP contribution in [0.15, 0.2) is 34.8 Å². The van der Waals surface area contributed by atoms with Crippen molar-refractivity contribution in [3.8, 4) is 0 Å². The first-order chi connectivity index (χ1) is 9.78. The quantitative estimate of drug-likeness (QED) is 0.894. The Morgan fingerprint density at radius 3 is 2.60 bits per heavy atom. The lowest BCUT2D eigenvalue weighted by Crippen LogP contribution is -2.08. The maximum atomic E-state index is 4.77. The summed E-state index contributed by atoms with van der Waals surface area (Å²) in [6.07, 6.45) is 3.27. The van der Waals surface area contributed by atoms with Crippen molar-refractivity contribution in [2.45, 2.75) is 32.1 Å². The van der Waals surface area contributed by atoms with Gasteiger partial charge in [0.25, 0.3) is 0 Å². The molecule has 3 nitrogen and oxygen atoms in total. The summed E-state index contributed by atoms with van der Waals surface area (Å²) < 4.78 is 1.04. The van der Waals surface area contributed by atoms with Crippen LogP contribution in [0.3, 0.4) is 0 Å². The van der Waals surface area contributed by atoms with Gasteiger partial charge in [0.05, 0.1) is 10.2 Å². The average Bonchev–Trinajstić information content (AvgIpc) is 3.28. The summed E-state index contributed by atoms with van der Waals surface area (Å²) in [4.78, 5) is 9.43. The second kappa shape index (κ2) is 5.92. The predicted molar refractivity (Wildman–Crippen MR) is 85.1 cm³/mol. The Hall–Kier alpha value is -1.42. The zero-order valence-corrected chi connectivity index (χ0v) is 13.2. The van der Waals surface area contributed by atoms with E-state index in [2.05, 4.69) is 57.4 Å². The van der Waals surface area contributed by atoms with Gasteiger partial charge in [-0.3, -0.25) is 0 Å². The summed E-state index contributed by atoms with van der Waals surface area (Å²) in [5, 5.41) is 3.33. The number of anilines is 1. The fourth-order valence-electron chi connectivity index (χ4n) is 2.28. The minimum Gasteiger partial charge on any atom is -0.369 e. The molecule has 0 bridgehead atoms. The van der Waals surface area contributed by atoms with Gasteiger partial charge in [-0.05, 0) is 41.3 Å². The number of rotatable bonds is 5. The fourth-order valence-corrected chi connectivity index (χ4v) is 2.92. The van der Waals surface area contributed by atoms with Crippen molar-refractivity contribution < 1.29 is 0 Å². The standard InChI is InChI=1S/C16H18BrN3/c1-2-18-16-14(17)15(12-8-9-12)19-13(20-16)10-11-6-4-3-5-7-11/h3-7,12H,2,8-10H2,1H3,(H,18,19,20). The van der Waals surface area contributed by atoms with Crippen molar-refractivity contribution in [3.63, 3.8) is 0 Å². The summed E-state index contributed by atoms with van der Waals surface area (Å²) >= 11 is 3.65. The molecular weight excluding hydrogens is 314 g/mol. The molecule has 104 valence electrons. The van der Waals surface area contributed by atoms with E-state index in [9.17, 15) is 0 Å². The smallest absolute Gasteiger partial charge is 0.144 e. The van der Waals surface area contributed by atoms with E-state index in [1.807, 2.05) is 6.07 Å². The predicted octanol–water partition coefficient (Wildman–Crippen LogP) is 4.14. The van der Waals surface area contributed by atoms with Crippen molar-refractivity contribution in [3.05, 3.63) is 51.9 Å². The Morgan fingerprint density at radius 1 is 1.20 bits per heavy atom. The number of benzene rings is 1. The number of aromatic nitrogens is 2. The van der Waals surface area contributed by atoms with Crippen molar-refractivity contribution >= 4 is 21.7 Å². The molecule has 0 saturated heterocycles. The van der Waals surface area contributed by atoms with E-state index in [0.717, 1.165) is 29.1 Å². The molecule has 3 rings (SSSR count). The van der Waals surface area contributed by atoms with Crippen LogP contribution in [0.4, 0.5) is 5.82 Å². The van der Waals surface area contributed by atoms with E-state index < -0.39 is 0 Å². The van der Waals surface area contributed by atoms with Crippen LogP contribution in [-0.4, -0.2) is 16.5 Å². The van der Waals surface area contributed by atoms with Gasteiger partial charge in [-0.2, -0.15) is 0 Å². The van der Waals surface area contributed by atoms with Crippen molar-refractivity contribution in [2.75, 3.05) is 11.9 Å². The summed E-state index contributed by atoms with van der Waals surface area (Å²) in [7, 11) is 0. The maximum Gasteiger partial charge on any atom is 0.144 e. The highest BCUT2D eigenvalue weighted by atomic mass is 79.9. The summed E-state index contributed by atoms with van der Waals surface area (Å²) in [6, 6.07) is 10.4. The van der Waals surface area contributed by atoms with Gasteiger partial charge >= 0.3 is 0 Å². The molecule has 1 aliphatic rings. The van der Waals surface area contributed by atoms with E-state index in [1.165, 1.54) is 24.1 Å². The van der Waals surface area contributed by atoms with Crippen LogP contribution in [-0.2, 0) is 6.42 Å². The molecule has 1 N–H and O–H groups in total. The number of hydrogen-bond acceptors (Lipinski definition) is 3. The lowest BCUT2D eigenvalue weighted by atomic mass is 10.1. The first-order valence-electron chi connectivity index (χ1n) is 7.12. The second-order valence-corrected chi connectivity index (χ2v) is 5.95. The molecule has 1 aliphatic carbocycles. The summed E-state index contributed by atoms with van der Waals surface area (Å²) in [6.45, 7) is 2.95. The van der Waals surface area contributed by atoms with Crippen LogP contribution in [0.1, 0.15) is 42.8 Å². The molecule has 4 heteroatoms. The molecular formula is C16H18BrN3. The Labute approximate surface area is 128 Å². The topological polar surface area (TPSA) is 37.8 Å². The van der Waals surface area contributed by atoms with Gasteiger partial charge in [-0.25, -0.2) is 9.97 Å². The Kier molecular flexibility index (Phi) is 4.01. The van der Waals surface area contributed by atoms with Crippen molar-refractivity contribution in [1.82, 2.24) is 9.97 Å². The highest BCUT2D eigenvalue weighted by molar-refractivity contribution is 9.10. The van der Waals surface area contributed by atoms with Crippen LogP contribution >= 0.6 is 15.9 Å². The van der Waals surface area contributed by atoms with Gasteiger partial charge in [0.15, 0.2) is 0 Å². The zero-order valence-electron chi connectivity index (χ0n) is 11.6. The molecule has 1 aromatic heterocycles. The lowest BCUT2D eigenvalue weighted by Gasteiger charge is -2.12. The molecule has 1 heterocycles. The fraction of sp³-hybridized carbons (Fsp3) is 0.375. The summed E-state index contributed by atoms with van der Waals surface area (Å²) in [5.41, 5.74) is 2.42. The number of hydrogen-bond donors (Lipinski definition) is 1. The largest absolute Gasteiger partial charge is 0.369 e. The molecule has 0 aliphatic heterocycles. The number of nitrogens with one attached hydrogen (secondary N) is 1. The van der Waals surface area contributed by atoms with Crippen LogP contribution < -0.4 is 5.32 Å². The zero-order chi connectivity index (χ0) is 13.9. The van der Waals surface area contributed by atoms with Crippen LogP contribution in [0, 0.1) is 0 Å². The molecule has 1 saturated carbocycles. The summed E-state index contributed by atoms with van der Waals surface area (Å²) in [5.74, 6) is 2.44. The molecule has 1 aromatic carbocycles. The van der Waals surface area contributed by atoms with E-state index in [1.54, 1.807) is 0 Å². The van der Waals surface area contributed by atoms with Gasteiger partial charge in [0, 0.05) is 18.9 Å². The highest BCUT2D eigenvalue weighted by Crippen LogP contribution is 2.43. The Balaban J connectivity index is 1.93. The number of nitrogens with zero attached hydrogens (tertiary/aromatic N) is 2. The molecule has 2 aromatic rings.